The Morgan fingerprint density at radius 3 is 2.81 bits per heavy atom. The van der Waals surface area contributed by atoms with Gasteiger partial charge in [-0.15, -0.1) is 0 Å². The van der Waals surface area contributed by atoms with Crippen LogP contribution in [0.15, 0.2) is 42.0 Å². The molecule has 2 aromatic carbocycles. The topological polar surface area (TPSA) is 91.6 Å². The van der Waals surface area contributed by atoms with Crippen LogP contribution in [0, 0.1) is 11.3 Å². The Morgan fingerprint density at radius 1 is 1.38 bits per heavy atom. The van der Waals surface area contributed by atoms with E-state index in [0.717, 1.165) is 0 Å². The number of amides is 1. The largest absolute Gasteiger partial charge is 0.504 e. The van der Waals surface area contributed by atoms with Crippen LogP contribution in [0.1, 0.15) is 12.5 Å². The minimum Gasteiger partial charge on any atom is -0.504 e. The van der Waals surface area contributed by atoms with Crippen LogP contribution in [0.25, 0.3) is 6.08 Å². The SMILES string of the molecule is CCOc1cccc(NC(=O)/C(C#N)=C\c2cc(Cl)cc(OC)c2O)c1. The van der Waals surface area contributed by atoms with Gasteiger partial charge < -0.3 is 19.9 Å². The van der Waals surface area contributed by atoms with Crippen LogP contribution in [0.4, 0.5) is 5.69 Å². The van der Waals surface area contributed by atoms with E-state index in [0.29, 0.717) is 23.1 Å². The number of nitriles is 1. The van der Waals surface area contributed by atoms with Crippen molar-refractivity contribution < 1.29 is 19.4 Å². The van der Waals surface area contributed by atoms with Crippen LogP contribution < -0.4 is 14.8 Å². The number of methoxy groups -OCH3 is 1. The van der Waals surface area contributed by atoms with Crippen LogP contribution in [-0.2, 0) is 4.79 Å². The number of carbonyl (C=O) groups is 1. The molecule has 2 rings (SSSR count). The van der Waals surface area contributed by atoms with Gasteiger partial charge in [-0.25, -0.2) is 0 Å². The maximum atomic E-state index is 12.4. The van der Waals surface area contributed by atoms with Crippen molar-refractivity contribution in [3.8, 4) is 23.3 Å². The number of hydrogen-bond acceptors (Lipinski definition) is 5. The Morgan fingerprint density at radius 2 is 2.15 bits per heavy atom. The van der Waals surface area contributed by atoms with Crippen molar-refractivity contribution in [1.82, 2.24) is 0 Å². The number of rotatable bonds is 6. The zero-order chi connectivity index (χ0) is 19.1. The highest BCUT2D eigenvalue weighted by molar-refractivity contribution is 6.31. The van der Waals surface area contributed by atoms with E-state index in [-0.39, 0.29) is 22.6 Å². The molecule has 0 fully saturated rings. The number of aromatic hydroxyl groups is 1. The van der Waals surface area contributed by atoms with E-state index in [2.05, 4.69) is 5.32 Å². The average molecular weight is 373 g/mol. The number of anilines is 1. The summed E-state index contributed by atoms with van der Waals surface area (Å²) in [6.45, 7) is 2.35. The first-order valence-electron chi connectivity index (χ1n) is 7.71. The van der Waals surface area contributed by atoms with Gasteiger partial charge in [-0.2, -0.15) is 5.26 Å². The first kappa shape index (κ1) is 19.2. The predicted molar refractivity (Wildman–Crippen MR) is 99.5 cm³/mol. The zero-order valence-electron chi connectivity index (χ0n) is 14.2. The normalized spacial score (nSPS) is 10.8. The smallest absolute Gasteiger partial charge is 0.266 e. The van der Waals surface area contributed by atoms with Gasteiger partial charge in [-0.1, -0.05) is 17.7 Å². The van der Waals surface area contributed by atoms with E-state index in [1.807, 2.05) is 13.0 Å². The monoisotopic (exact) mass is 372 g/mol. The second kappa shape index (κ2) is 8.79. The summed E-state index contributed by atoms with van der Waals surface area (Å²) < 4.78 is 10.4. The van der Waals surface area contributed by atoms with Crippen LogP contribution >= 0.6 is 11.6 Å². The molecule has 7 heteroatoms. The zero-order valence-corrected chi connectivity index (χ0v) is 15.0. The average Bonchev–Trinajstić information content (AvgIpc) is 2.62. The summed E-state index contributed by atoms with van der Waals surface area (Å²) in [7, 11) is 1.38. The lowest BCUT2D eigenvalue weighted by Crippen LogP contribution is -2.13. The number of benzene rings is 2. The van der Waals surface area contributed by atoms with Gasteiger partial charge in [0.1, 0.15) is 17.4 Å². The van der Waals surface area contributed by atoms with Gasteiger partial charge in [0.15, 0.2) is 11.5 Å². The maximum Gasteiger partial charge on any atom is 0.266 e. The number of phenols is 1. The third-order valence-electron chi connectivity index (χ3n) is 3.36. The van der Waals surface area contributed by atoms with E-state index in [1.165, 1.54) is 25.3 Å². The van der Waals surface area contributed by atoms with Gasteiger partial charge in [0.25, 0.3) is 5.91 Å². The van der Waals surface area contributed by atoms with Crippen molar-refractivity contribution >= 4 is 29.3 Å². The molecule has 2 N–H and O–H groups in total. The van der Waals surface area contributed by atoms with Gasteiger partial charge in [0.2, 0.25) is 0 Å². The molecule has 2 aromatic rings. The van der Waals surface area contributed by atoms with Crippen molar-refractivity contribution in [2.24, 2.45) is 0 Å². The van der Waals surface area contributed by atoms with Gasteiger partial charge in [-0.05, 0) is 31.2 Å². The van der Waals surface area contributed by atoms with Crippen molar-refractivity contribution in [3.05, 3.63) is 52.6 Å². The molecule has 134 valence electrons. The van der Waals surface area contributed by atoms with Crippen molar-refractivity contribution in [3.63, 3.8) is 0 Å². The molecular formula is C19H17ClN2O4. The Balaban J connectivity index is 2.30. The first-order chi connectivity index (χ1) is 12.5. The summed E-state index contributed by atoms with van der Waals surface area (Å²) in [5.74, 6) is -0.0915. The van der Waals surface area contributed by atoms with E-state index >= 15 is 0 Å². The summed E-state index contributed by atoms with van der Waals surface area (Å²) in [4.78, 5) is 12.4. The Kier molecular flexibility index (Phi) is 6.48. The molecule has 0 saturated carbocycles. The van der Waals surface area contributed by atoms with Crippen molar-refractivity contribution in [2.75, 3.05) is 19.0 Å². The van der Waals surface area contributed by atoms with Crippen molar-refractivity contribution in [2.45, 2.75) is 6.92 Å². The number of halogens is 1. The maximum absolute atomic E-state index is 12.4. The highest BCUT2D eigenvalue weighted by atomic mass is 35.5. The molecule has 0 aromatic heterocycles. The Bertz CT molecular complexity index is 888. The number of nitrogens with one attached hydrogen (secondary N) is 1. The molecule has 0 radical (unpaired) electrons. The molecule has 0 spiro atoms. The predicted octanol–water partition coefficient (Wildman–Crippen LogP) is 4.00. The van der Waals surface area contributed by atoms with Gasteiger partial charge in [0, 0.05) is 28.4 Å². The third-order valence-corrected chi connectivity index (χ3v) is 3.58. The molecule has 0 saturated heterocycles. The lowest BCUT2D eigenvalue weighted by atomic mass is 10.1. The quantitative estimate of drug-likeness (QED) is 0.590. The second-order valence-electron chi connectivity index (χ2n) is 5.13. The minimum absolute atomic E-state index is 0.144. The fraction of sp³-hybridized carbons (Fsp3) is 0.158. The van der Waals surface area contributed by atoms with Crippen LogP contribution in [-0.4, -0.2) is 24.7 Å². The van der Waals surface area contributed by atoms with Gasteiger partial charge in [0.05, 0.1) is 13.7 Å². The Hall–Kier alpha value is -3.17. The highest BCUT2D eigenvalue weighted by Crippen LogP contribution is 2.34. The molecule has 1 amide bonds. The summed E-state index contributed by atoms with van der Waals surface area (Å²) >= 11 is 5.97. The number of carbonyl (C=O) groups excluding carboxylic acids is 1. The number of ether oxygens (including phenoxy) is 2. The van der Waals surface area contributed by atoms with Crippen molar-refractivity contribution in [1.29, 1.82) is 5.26 Å². The molecule has 0 heterocycles. The summed E-state index contributed by atoms with van der Waals surface area (Å²) in [6, 6.07) is 11.5. The molecule has 0 bridgehead atoms. The lowest BCUT2D eigenvalue weighted by molar-refractivity contribution is -0.112. The lowest BCUT2D eigenvalue weighted by Gasteiger charge is -2.09. The van der Waals surface area contributed by atoms with E-state index in [9.17, 15) is 15.2 Å². The van der Waals surface area contributed by atoms with E-state index in [1.54, 1.807) is 24.3 Å². The molecule has 0 aliphatic carbocycles. The Labute approximate surface area is 156 Å². The molecule has 26 heavy (non-hydrogen) atoms. The fourth-order valence-electron chi connectivity index (χ4n) is 2.19. The number of hydrogen-bond donors (Lipinski definition) is 2. The van der Waals surface area contributed by atoms with Crippen LogP contribution in [0.3, 0.4) is 0 Å². The van der Waals surface area contributed by atoms with Crippen LogP contribution in [0.5, 0.6) is 17.2 Å². The second-order valence-corrected chi connectivity index (χ2v) is 5.57. The molecule has 0 aliphatic heterocycles. The molecule has 0 unspecified atom stereocenters. The van der Waals surface area contributed by atoms with Gasteiger partial charge >= 0.3 is 0 Å². The third kappa shape index (κ3) is 4.68. The summed E-state index contributed by atoms with van der Waals surface area (Å²) in [5, 5.41) is 22.4. The highest BCUT2D eigenvalue weighted by Gasteiger charge is 2.14. The van der Waals surface area contributed by atoms with Gasteiger partial charge in [-0.3, -0.25) is 4.79 Å². The standard InChI is InChI=1S/C19H17ClN2O4/c1-3-26-16-6-4-5-15(10-16)22-19(24)13(11-21)7-12-8-14(20)9-17(25-2)18(12)23/h4-10,23H,3H2,1-2H3,(H,22,24)/b13-7-. The van der Waals surface area contributed by atoms with E-state index in [4.69, 9.17) is 21.1 Å². The van der Waals surface area contributed by atoms with E-state index < -0.39 is 5.91 Å². The first-order valence-corrected chi connectivity index (χ1v) is 8.08. The van der Waals surface area contributed by atoms with Crippen LogP contribution in [0.2, 0.25) is 5.02 Å². The summed E-state index contributed by atoms with van der Waals surface area (Å²) in [6.07, 6.45) is 1.24. The summed E-state index contributed by atoms with van der Waals surface area (Å²) in [5.41, 5.74) is 0.477. The molecule has 6 nitrogen and oxygen atoms in total. The molecule has 0 atom stereocenters. The minimum atomic E-state index is -0.625. The molecular weight excluding hydrogens is 356 g/mol. The number of phenolic OH excluding ortho intramolecular Hbond substituents is 1. The molecule has 0 aliphatic rings. The fourth-order valence-corrected chi connectivity index (χ4v) is 2.41. The number of nitrogens with zero attached hydrogens (tertiary/aromatic N) is 1.